The van der Waals surface area contributed by atoms with E-state index in [1.807, 2.05) is 55.4 Å². The van der Waals surface area contributed by atoms with E-state index in [9.17, 15) is 9.59 Å². The molecule has 1 aliphatic rings. The Bertz CT molecular complexity index is 1130. The normalized spacial score (nSPS) is 14.9. The van der Waals surface area contributed by atoms with Crippen molar-refractivity contribution in [1.29, 1.82) is 0 Å². The average molecular weight is 478 g/mol. The lowest BCUT2D eigenvalue weighted by Crippen LogP contribution is -2.46. The van der Waals surface area contributed by atoms with Crippen LogP contribution in [0.4, 0.5) is 0 Å². The maximum atomic E-state index is 13.5. The minimum absolute atomic E-state index is 0.00261. The third-order valence-corrected chi connectivity index (χ3v) is 6.34. The topological polar surface area (TPSA) is 83.6 Å². The fourth-order valence-electron chi connectivity index (χ4n) is 4.73. The molecule has 3 aromatic rings. The molecule has 4 rings (SSSR count). The van der Waals surface area contributed by atoms with Crippen LogP contribution >= 0.6 is 0 Å². The summed E-state index contributed by atoms with van der Waals surface area (Å²) in [7, 11) is 4.08. The third kappa shape index (κ3) is 6.00. The van der Waals surface area contributed by atoms with E-state index in [0.717, 1.165) is 12.2 Å². The van der Waals surface area contributed by atoms with E-state index in [4.69, 9.17) is 4.42 Å². The summed E-state index contributed by atoms with van der Waals surface area (Å²) >= 11 is 0. The largest absolute Gasteiger partial charge is 0.463 e. The van der Waals surface area contributed by atoms with Gasteiger partial charge in [-0.05, 0) is 56.6 Å². The van der Waals surface area contributed by atoms with E-state index in [0.29, 0.717) is 49.6 Å². The molecule has 0 aliphatic carbocycles. The van der Waals surface area contributed by atoms with Gasteiger partial charge in [-0.15, -0.1) is 0 Å². The van der Waals surface area contributed by atoms with Crippen LogP contribution in [0.5, 0.6) is 0 Å². The number of nitrogens with zero attached hydrogens (tertiary/aromatic N) is 4. The lowest BCUT2D eigenvalue weighted by molar-refractivity contribution is -0.126. The fraction of sp³-hybridized carbons (Fsp3) is 0.444. The van der Waals surface area contributed by atoms with Gasteiger partial charge in [-0.3, -0.25) is 9.59 Å². The van der Waals surface area contributed by atoms with Crippen molar-refractivity contribution in [2.45, 2.75) is 26.7 Å². The van der Waals surface area contributed by atoms with Crippen molar-refractivity contribution in [2.75, 3.05) is 40.3 Å². The molecule has 2 aromatic heterocycles. The molecule has 8 nitrogen and oxygen atoms in total. The van der Waals surface area contributed by atoms with Gasteiger partial charge in [-0.1, -0.05) is 32.0 Å². The number of nitrogens with one attached hydrogen (secondary N) is 1. The minimum Gasteiger partial charge on any atom is -0.463 e. The number of rotatable bonds is 8. The quantitative estimate of drug-likeness (QED) is 0.535. The standard InChI is InChI=1S/C27H35N5O3/c1-27(2,19-30(3)4)18-28-25(33)20-12-14-31(15-13-20)26(34)23-17-22(24-11-8-16-35-24)29-32(23)21-9-6-5-7-10-21/h5-11,16-17,20H,12-15,18-19H2,1-4H3,(H,28,33). The predicted octanol–water partition coefficient (Wildman–Crippen LogP) is 3.69. The number of furan rings is 1. The summed E-state index contributed by atoms with van der Waals surface area (Å²) in [5.41, 5.74) is 1.90. The fourth-order valence-corrected chi connectivity index (χ4v) is 4.73. The number of para-hydroxylation sites is 1. The molecule has 186 valence electrons. The maximum absolute atomic E-state index is 13.5. The lowest BCUT2D eigenvalue weighted by atomic mass is 9.91. The van der Waals surface area contributed by atoms with Gasteiger partial charge in [0.25, 0.3) is 5.91 Å². The van der Waals surface area contributed by atoms with Crippen LogP contribution in [0, 0.1) is 11.3 Å². The summed E-state index contributed by atoms with van der Waals surface area (Å²) in [4.78, 5) is 30.3. The molecule has 3 heterocycles. The van der Waals surface area contributed by atoms with Crippen molar-refractivity contribution < 1.29 is 14.0 Å². The summed E-state index contributed by atoms with van der Waals surface area (Å²) in [5.74, 6) is 0.525. The van der Waals surface area contributed by atoms with E-state index in [2.05, 4.69) is 29.2 Å². The number of amides is 2. The molecule has 0 atom stereocenters. The molecule has 1 aliphatic heterocycles. The van der Waals surface area contributed by atoms with Gasteiger partial charge in [0.05, 0.1) is 12.0 Å². The van der Waals surface area contributed by atoms with Crippen molar-refractivity contribution in [2.24, 2.45) is 11.3 Å². The first-order valence-electron chi connectivity index (χ1n) is 12.1. The van der Waals surface area contributed by atoms with Crippen molar-refractivity contribution >= 4 is 11.8 Å². The van der Waals surface area contributed by atoms with Gasteiger partial charge in [0.1, 0.15) is 11.4 Å². The van der Waals surface area contributed by atoms with Crippen molar-refractivity contribution in [3.63, 3.8) is 0 Å². The second kappa shape index (κ2) is 10.5. The monoisotopic (exact) mass is 477 g/mol. The Labute approximate surface area is 206 Å². The van der Waals surface area contributed by atoms with Gasteiger partial charge in [0.15, 0.2) is 5.76 Å². The van der Waals surface area contributed by atoms with Crippen molar-refractivity contribution in [3.05, 3.63) is 60.5 Å². The number of hydrogen-bond donors (Lipinski definition) is 1. The summed E-state index contributed by atoms with van der Waals surface area (Å²) in [6.45, 7) is 6.91. The van der Waals surface area contributed by atoms with E-state index < -0.39 is 0 Å². The minimum atomic E-state index is -0.0925. The first kappa shape index (κ1) is 24.7. The molecule has 35 heavy (non-hydrogen) atoms. The first-order valence-corrected chi connectivity index (χ1v) is 12.1. The maximum Gasteiger partial charge on any atom is 0.272 e. The zero-order valence-electron chi connectivity index (χ0n) is 21.0. The Morgan fingerprint density at radius 2 is 1.83 bits per heavy atom. The molecular weight excluding hydrogens is 442 g/mol. The highest BCUT2D eigenvalue weighted by Gasteiger charge is 2.31. The van der Waals surface area contributed by atoms with Crippen LogP contribution in [0.2, 0.25) is 0 Å². The molecule has 1 aromatic carbocycles. The highest BCUT2D eigenvalue weighted by atomic mass is 16.3. The first-order chi connectivity index (χ1) is 16.7. The number of aromatic nitrogens is 2. The van der Waals surface area contributed by atoms with Crippen LogP contribution in [0.1, 0.15) is 37.2 Å². The molecule has 2 amide bonds. The molecule has 1 N–H and O–H groups in total. The van der Waals surface area contributed by atoms with E-state index in [-0.39, 0.29) is 23.1 Å². The van der Waals surface area contributed by atoms with Crippen LogP contribution in [-0.2, 0) is 4.79 Å². The second-order valence-electron chi connectivity index (χ2n) is 10.3. The Morgan fingerprint density at radius 1 is 1.11 bits per heavy atom. The molecule has 1 saturated heterocycles. The van der Waals surface area contributed by atoms with Crippen LogP contribution in [0.3, 0.4) is 0 Å². The highest BCUT2D eigenvalue weighted by molar-refractivity contribution is 5.94. The smallest absolute Gasteiger partial charge is 0.272 e. The van der Waals surface area contributed by atoms with Crippen LogP contribution in [0.25, 0.3) is 17.1 Å². The number of likely N-dealkylation sites (tertiary alicyclic amines) is 1. The van der Waals surface area contributed by atoms with Crippen molar-refractivity contribution in [3.8, 4) is 17.1 Å². The molecule has 0 radical (unpaired) electrons. The summed E-state index contributed by atoms with van der Waals surface area (Å²) in [6, 6.07) is 15.0. The summed E-state index contributed by atoms with van der Waals surface area (Å²) in [6.07, 6.45) is 2.89. The zero-order valence-corrected chi connectivity index (χ0v) is 21.0. The number of benzene rings is 1. The molecule has 0 spiro atoms. The number of carbonyl (C=O) groups excluding carboxylic acids is 2. The SMILES string of the molecule is CN(C)CC(C)(C)CNC(=O)C1CCN(C(=O)c2cc(-c3ccco3)nn2-c2ccccc2)CC1. The molecule has 0 saturated carbocycles. The summed E-state index contributed by atoms with van der Waals surface area (Å²) in [5, 5.41) is 7.79. The van der Waals surface area contributed by atoms with Gasteiger partial charge in [0, 0.05) is 38.2 Å². The Morgan fingerprint density at radius 3 is 2.46 bits per heavy atom. The molecular formula is C27H35N5O3. The Balaban J connectivity index is 1.43. The zero-order chi connectivity index (χ0) is 25.0. The van der Waals surface area contributed by atoms with Crippen LogP contribution in [-0.4, -0.2) is 71.7 Å². The average Bonchev–Trinajstić information content (AvgIpc) is 3.52. The molecule has 0 unspecified atom stereocenters. The highest BCUT2D eigenvalue weighted by Crippen LogP contribution is 2.25. The number of carbonyl (C=O) groups is 2. The summed E-state index contributed by atoms with van der Waals surface area (Å²) < 4.78 is 7.18. The van der Waals surface area contributed by atoms with E-state index in [1.165, 1.54) is 0 Å². The van der Waals surface area contributed by atoms with Gasteiger partial charge in [-0.25, -0.2) is 4.68 Å². The van der Waals surface area contributed by atoms with Crippen LogP contribution in [0.15, 0.2) is 59.2 Å². The molecule has 1 fully saturated rings. The lowest BCUT2D eigenvalue weighted by Gasteiger charge is -2.33. The van der Waals surface area contributed by atoms with Gasteiger partial charge >= 0.3 is 0 Å². The number of hydrogen-bond acceptors (Lipinski definition) is 5. The van der Waals surface area contributed by atoms with Gasteiger partial charge < -0.3 is 19.5 Å². The molecule has 0 bridgehead atoms. The van der Waals surface area contributed by atoms with Crippen LogP contribution < -0.4 is 5.32 Å². The van der Waals surface area contributed by atoms with E-state index in [1.54, 1.807) is 23.1 Å². The third-order valence-electron chi connectivity index (χ3n) is 6.34. The van der Waals surface area contributed by atoms with Gasteiger partial charge in [0.2, 0.25) is 5.91 Å². The number of piperidine rings is 1. The Hall–Kier alpha value is -3.39. The predicted molar refractivity (Wildman–Crippen MR) is 135 cm³/mol. The van der Waals surface area contributed by atoms with Gasteiger partial charge in [-0.2, -0.15) is 5.10 Å². The Kier molecular flexibility index (Phi) is 7.40. The molecule has 8 heteroatoms. The van der Waals surface area contributed by atoms with Crippen molar-refractivity contribution in [1.82, 2.24) is 24.9 Å². The van der Waals surface area contributed by atoms with E-state index >= 15 is 0 Å². The second-order valence-corrected chi connectivity index (χ2v) is 10.3.